The molecule has 3 unspecified atom stereocenters. The smallest absolute Gasteiger partial charge is 0.326 e. The van der Waals surface area contributed by atoms with Crippen LogP contribution in [-0.4, -0.2) is 57.8 Å². The van der Waals surface area contributed by atoms with Gasteiger partial charge >= 0.3 is 11.9 Å². The van der Waals surface area contributed by atoms with Gasteiger partial charge in [0.05, 0.1) is 6.04 Å². The lowest BCUT2D eigenvalue weighted by atomic mass is 10.0. The van der Waals surface area contributed by atoms with Crippen molar-refractivity contribution in [3.05, 3.63) is 35.9 Å². The van der Waals surface area contributed by atoms with Crippen molar-refractivity contribution in [2.24, 2.45) is 5.73 Å². The highest BCUT2D eigenvalue weighted by Crippen LogP contribution is 2.06. The number of rotatable bonds is 11. The summed E-state index contributed by atoms with van der Waals surface area (Å²) in [5.41, 5.74) is 6.24. The molecule has 10 heteroatoms. The van der Waals surface area contributed by atoms with Gasteiger partial charge in [-0.2, -0.15) is 12.6 Å². The average Bonchev–Trinajstić information content (AvgIpc) is 2.64. The van der Waals surface area contributed by atoms with Crippen LogP contribution in [0.2, 0.25) is 0 Å². The number of aliphatic carboxylic acids is 2. The van der Waals surface area contributed by atoms with E-state index in [9.17, 15) is 24.3 Å². The van der Waals surface area contributed by atoms with E-state index in [1.807, 2.05) is 0 Å². The van der Waals surface area contributed by atoms with E-state index in [1.165, 1.54) is 0 Å². The first-order chi connectivity index (χ1) is 12.7. The molecule has 2 amide bonds. The van der Waals surface area contributed by atoms with Crippen LogP contribution in [0.5, 0.6) is 0 Å². The first-order valence-electron chi connectivity index (χ1n) is 8.20. The maximum atomic E-state index is 12.5. The molecule has 0 aromatic heterocycles. The van der Waals surface area contributed by atoms with E-state index in [1.54, 1.807) is 30.3 Å². The van der Waals surface area contributed by atoms with Crippen LogP contribution in [0, 0.1) is 0 Å². The summed E-state index contributed by atoms with van der Waals surface area (Å²) >= 11 is 3.89. The van der Waals surface area contributed by atoms with Gasteiger partial charge in [-0.25, -0.2) is 4.79 Å². The van der Waals surface area contributed by atoms with E-state index in [2.05, 4.69) is 23.3 Å². The Morgan fingerprint density at radius 1 is 1.00 bits per heavy atom. The van der Waals surface area contributed by atoms with Crippen molar-refractivity contribution < 1.29 is 29.4 Å². The predicted octanol–water partition coefficient (Wildman–Crippen LogP) is -0.595. The molecule has 0 spiro atoms. The number of benzene rings is 1. The first kappa shape index (κ1) is 22.5. The lowest BCUT2D eigenvalue weighted by Gasteiger charge is -2.22. The van der Waals surface area contributed by atoms with E-state index in [-0.39, 0.29) is 25.0 Å². The van der Waals surface area contributed by atoms with Crippen molar-refractivity contribution in [3.63, 3.8) is 0 Å². The third-order valence-electron chi connectivity index (χ3n) is 3.71. The standard InChI is InChI=1S/C17H23N3O6S/c18-11(9-27)15(23)19-12(6-7-14(21)22)16(24)20-13(17(25)26)8-10-4-2-1-3-5-10/h1-5,11-13,27H,6-9,18H2,(H,19,23)(H,20,24)(H,21,22)(H,25,26). The molecular formula is C17H23N3O6S. The Labute approximate surface area is 161 Å². The van der Waals surface area contributed by atoms with Gasteiger partial charge in [0.15, 0.2) is 0 Å². The third kappa shape index (κ3) is 8.09. The largest absolute Gasteiger partial charge is 0.481 e. The Hall–Kier alpha value is -2.59. The molecule has 0 fully saturated rings. The minimum Gasteiger partial charge on any atom is -0.481 e. The summed E-state index contributed by atoms with van der Waals surface area (Å²) in [6, 6.07) is 5.26. The minimum atomic E-state index is -1.25. The zero-order valence-corrected chi connectivity index (χ0v) is 15.4. The number of carbonyl (C=O) groups excluding carboxylic acids is 2. The fourth-order valence-electron chi connectivity index (χ4n) is 2.22. The van der Waals surface area contributed by atoms with Gasteiger partial charge < -0.3 is 26.6 Å². The van der Waals surface area contributed by atoms with Crippen molar-refractivity contribution in [1.29, 1.82) is 0 Å². The zero-order chi connectivity index (χ0) is 20.4. The van der Waals surface area contributed by atoms with Gasteiger partial charge in [-0.15, -0.1) is 0 Å². The van der Waals surface area contributed by atoms with Crippen LogP contribution in [0.4, 0.5) is 0 Å². The number of thiol groups is 1. The lowest BCUT2D eigenvalue weighted by Crippen LogP contribution is -2.55. The number of carbonyl (C=O) groups is 4. The highest BCUT2D eigenvalue weighted by molar-refractivity contribution is 7.80. The zero-order valence-electron chi connectivity index (χ0n) is 14.5. The Balaban J connectivity index is 2.85. The molecule has 0 aliphatic heterocycles. The Morgan fingerprint density at radius 2 is 1.59 bits per heavy atom. The van der Waals surface area contributed by atoms with E-state index < -0.39 is 41.9 Å². The predicted molar refractivity (Wildman–Crippen MR) is 100 cm³/mol. The van der Waals surface area contributed by atoms with Crippen molar-refractivity contribution in [2.75, 3.05) is 5.75 Å². The fourth-order valence-corrected chi connectivity index (χ4v) is 2.39. The summed E-state index contributed by atoms with van der Waals surface area (Å²) in [5, 5.41) is 22.9. The molecule has 1 aromatic carbocycles. The summed E-state index contributed by atoms with van der Waals surface area (Å²) in [4.78, 5) is 46.7. The number of nitrogens with one attached hydrogen (secondary N) is 2. The number of nitrogens with two attached hydrogens (primary N) is 1. The number of carboxylic acid groups (broad SMARTS) is 2. The molecule has 27 heavy (non-hydrogen) atoms. The van der Waals surface area contributed by atoms with Crippen LogP contribution in [-0.2, 0) is 25.6 Å². The van der Waals surface area contributed by atoms with Crippen molar-refractivity contribution in [3.8, 4) is 0 Å². The van der Waals surface area contributed by atoms with E-state index in [0.29, 0.717) is 5.56 Å². The maximum absolute atomic E-state index is 12.5. The molecule has 1 rings (SSSR count). The van der Waals surface area contributed by atoms with Gasteiger partial charge in [-0.1, -0.05) is 30.3 Å². The number of hydrogen-bond donors (Lipinski definition) is 6. The van der Waals surface area contributed by atoms with Crippen molar-refractivity contribution in [2.45, 2.75) is 37.4 Å². The molecule has 0 bridgehead atoms. The van der Waals surface area contributed by atoms with Crippen LogP contribution in [0.25, 0.3) is 0 Å². The third-order valence-corrected chi connectivity index (χ3v) is 4.10. The number of hydrogen-bond acceptors (Lipinski definition) is 6. The van der Waals surface area contributed by atoms with Crippen LogP contribution in [0.3, 0.4) is 0 Å². The molecule has 9 nitrogen and oxygen atoms in total. The Kier molecular flexibility index (Phi) is 9.31. The van der Waals surface area contributed by atoms with E-state index >= 15 is 0 Å². The molecule has 0 heterocycles. The lowest BCUT2D eigenvalue weighted by molar-refractivity contribution is -0.143. The molecule has 6 N–H and O–H groups in total. The van der Waals surface area contributed by atoms with Gasteiger partial charge in [-0.05, 0) is 12.0 Å². The normalized spacial score (nSPS) is 13.9. The van der Waals surface area contributed by atoms with Crippen molar-refractivity contribution in [1.82, 2.24) is 10.6 Å². The highest BCUT2D eigenvalue weighted by Gasteiger charge is 2.28. The number of amides is 2. The van der Waals surface area contributed by atoms with Gasteiger partial charge in [0.2, 0.25) is 11.8 Å². The second-order valence-electron chi connectivity index (χ2n) is 5.87. The van der Waals surface area contributed by atoms with Gasteiger partial charge in [-0.3, -0.25) is 14.4 Å². The molecule has 0 radical (unpaired) electrons. The minimum absolute atomic E-state index is 0.0326. The van der Waals surface area contributed by atoms with Crippen molar-refractivity contribution >= 4 is 36.4 Å². The summed E-state index contributed by atoms with van der Waals surface area (Å²) < 4.78 is 0. The quantitative estimate of drug-likeness (QED) is 0.272. The average molecular weight is 397 g/mol. The summed E-state index contributed by atoms with van der Waals surface area (Å²) in [5.74, 6) is -3.84. The van der Waals surface area contributed by atoms with Gasteiger partial charge in [0.25, 0.3) is 0 Å². The summed E-state index contributed by atoms with van der Waals surface area (Å²) in [7, 11) is 0. The number of carboxylic acids is 2. The van der Waals surface area contributed by atoms with Crippen LogP contribution < -0.4 is 16.4 Å². The monoisotopic (exact) mass is 397 g/mol. The Morgan fingerprint density at radius 3 is 2.11 bits per heavy atom. The highest BCUT2D eigenvalue weighted by atomic mass is 32.1. The van der Waals surface area contributed by atoms with E-state index in [4.69, 9.17) is 10.8 Å². The molecular weight excluding hydrogens is 374 g/mol. The maximum Gasteiger partial charge on any atom is 0.326 e. The molecule has 0 aliphatic rings. The molecule has 1 aromatic rings. The Bertz CT molecular complexity index is 670. The van der Waals surface area contributed by atoms with Crippen LogP contribution >= 0.6 is 12.6 Å². The second-order valence-corrected chi connectivity index (χ2v) is 6.24. The summed E-state index contributed by atoms with van der Waals surface area (Å²) in [6.07, 6.45) is -0.549. The van der Waals surface area contributed by atoms with Crippen LogP contribution in [0.1, 0.15) is 18.4 Å². The van der Waals surface area contributed by atoms with Crippen LogP contribution in [0.15, 0.2) is 30.3 Å². The molecule has 3 atom stereocenters. The SMILES string of the molecule is NC(CS)C(=O)NC(CCC(=O)O)C(=O)NC(Cc1ccccc1)C(=O)O. The molecule has 0 saturated heterocycles. The molecule has 0 aliphatic carbocycles. The van der Waals surface area contributed by atoms with E-state index in [0.717, 1.165) is 0 Å². The molecule has 0 saturated carbocycles. The van der Waals surface area contributed by atoms with Gasteiger partial charge in [0, 0.05) is 18.6 Å². The van der Waals surface area contributed by atoms with Gasteiger partial charge in [0.1, 0.15) is 12.1 Å². The first-order valence-corrected chi connectivity index (χ1v) is 8.83. The molecule has 148 valence electrons. The summed E-state index contributed by atoms with van der Waals surface area (Å²) in [6.45, 7) is 0. The fraction of sp³-hybridized carbons (Fsp3) is 0.412. The topological polar surface area (TPSA) is 159 Å². The second kappa shape index (κ2) is 11.2.